The van der Waals surface area contributed by atoms with Gasteiger partial charge < -0.3 is 10.6 Å². The van der Waals surface area contributed by atoms with E-state index in [1.165, 1.54) is 5.56 Å². The average Bonchev–Trinajstić information content (AvgIpc) is 2.44. The van der Waals surface area contributed by atoms with Gasteiger partial charge in [0.2, 0.25) is 0 Å². The van der Waals surface area contributed by atoms with E-state index in [2.05, 4.69) is 10.6 Å². The topological polar surface area (TPSA) is 41.1 Å². The highest BCUT2D eigenvalue weighted by molar-refractivity contribution is 6.36. The maximum Gasteiger partial charge on any atom is 0.323 e. The van der Waals surface area contributed by atoms with Crippen molar-refractivity contribution >= 4 is 41.0 Å². The molecule has 0 heterocycles. The molecule has 0 atom stereocenters. The number of urea groups is 1. The van der Waals surface area contributed by atoms with Gasteiger partial charge in [0.1, 0.15) is 0 Å². The van der Waals surface area contributed by atoms with Gasteiger partial charge in [0.25, 0.3) is 0 Å². The number of amides is 2. The summed E-state index contributed by atoms with van der Waals surface area (Å²) in [5.74, 6) is 0. The quantitative estimate of drug-likeness (QED) is 0.812. The highest BCUT2D eigenvalue weighted by Gasteiger charge is 2.04. The zero-order valence-corrected chi connectivity index (χ0v) is 12.9. The Morgan fingerprint density at radius 3 is 2.48 bits per heavy atom. The largest absolute Gasteiger partial charge is 0.323 e. The third-order valence-electron chi connectivity index (χ3n) is 2.75. The van der Waals surface area contributed by atoms with Gasteiger partial charge in [-0.25, -0.2) is 4.79 Å². The predicted octanol–water partition coefficient (Wildman–Crippen LogP) is 5.09. The minimum absolute atomic E-state index is 0.373. The van der Waals surface area contributed by atoms with E-state index in [1.807, 2.05) is 37.3 Å². The van der Waals surface area contributed by atoms with Gasteiger partial charge >= 0.3 is 6.03 Å². The van der Waals surface area contributed by atoms with Gasteiger partial charge in [-0.3, -0.25) is 0 Å². The summed E-state index contributed by atoms with van der Waals surface area (Å²) in [7, 11) is 0. The summed E-state index contributed by atoms with van der Waals surface area (Å²) in [5, 5.41) is 6.16. The van der Waals surface area contributed by atoms with Crippen LogP contribution in [0.3, 0.4) is 0 Å². The smallest absolute Gasteiger partial charge is 0.314 e. The number of benzene rings is 2. The molecule has 0 saturated carbocycles. The Morgan fingerprint density at radius 1 is 1.10 bits per heavy atom. The normalized spacial score (nSPS) is 10.6. The van der Waals surface area contributed by atoms with Gasteiger partial charge in [-0.05, 0) is 36.8 Å². The predicted molar refractivity (Wildman–Crippen MR) is 88.8 cm³/mol. The standard InChI is InChI=1S/C16H14Cl2N2O/c1-11-2-4-12(5-3-11)8-9-19-16(21)20-15-7-6-13(17)10-14(15)18/h2-10H,1H3,(H2,19,20,21)/b9-8+. The van der Waals surface area contributed by atoms with Crippen LogP contribution < -0.4 is 10.6 Å². The second-order valence-corrected chi connectivity index (χ2v) is 5.31. The molecule has 0 bridgehead atoms. The Labute approximate surface area is 133 Å². The molecule has 2 N–H and O–H groups in total. The van der Waals surface area contributed by atoms with E-state index < -0.39 is 0 Å². The molecule has 0 spiro atoms. The fourth-order valence-electron chi connectivity index (χ4n) is 1.64. The van der Waals surface area contributed by atoms with Gasteiger partial charge in [0.15, 0.2) is 0 Å². The molecule has 0 saturated heterocycles. The number of hydrogen-bond acceptors (Lipinski definition) is 1. The summed E-state index contributed by atoms with van der Waals surface area (Å²) in [6, 6.07) is 12.5. The summed E-state index contributed by atoms with van der Waals surface area (Å²) >= 11 is 11.8. The molecule has 0 radical (unpaired) electrons. The van der Waals surface area contributed by atoms with Crippen molar-refractivity contribution in [2.45, 2.75) is 6.92 Å². The van der Waals surface area contributed by atoms with E-state index in [4.69, 9.17) is 23.2 Å². The van der Waals surface area contributed by atoms with E-state index in [1.54, 1.807) is 24.4 Å². The Morgan fingerprint density at radius 2 is 1.81 bits per heavy atom. The molecule has 0 fully saturated rings. The number of hydrogen-bond donors (Lipinski definition) is 2. The second kappa shape index (κ2) is 7.16. The summed E-state index contributed by atoms with van der Waals surface area (Å²) in [5.41, 5.74) is 2.70. The lowest BCUT2D eigenvalue weighted by Crippen LogP contribution is -2.23. The van der Waals surface area contributed by atoms with Crippen molar-refractivity contribution in [2.24, 2.45) is 0 Å². The summed E-state index contributed by atoms with van der Waals surface area (Å²) in [6.07, 6.45) is 3.38. The zero-order valence-electron chi connectivity index (χ0n) is 11.4. The van der Waals surface area contributed by atoms with Gasteiger partial charge in [-0.15, -0.1) is 0 Å². The monoisotopic (exact) mass is 320 g/mol. The summed E-state index contributed by atoms with van der Waals surface area (Å²) in [6.45, 7) is 2.02. The van der Waals surface area contributed by atoms with Crippen molar-refractivity contribution in [2.75, 3.05) is 5.32 Å². The second-order valence-electron chi connectivity index (χ2n) is 4.47. The van der Waals surface area contributed by atoms with Crippen LogP contribution in [-0.2, 0) is 0 Å². The van der Waals surface area contributed by atoms with E-state index in [0.717, 1.165) is 5.56 Å². The maximum absolute atomic E-state index is 11.7. The number of anilines is 1. The molecule has 2 aromatic carbocycles. The molecule has 21 heavy (non-hydrogen) atoms. The molecule has 0 aliphatic carbocycles. The number of carbonyl (C=O) groups is 1. The van der Waals surface area contributed by atoms with Crippen LogP contribution in [0, 0.1) is 6.92 Å². The number of carbonyl (C=O) groups excluding carboxylic acids is 1. The van der Waals surface area contributed by atoms with E-state index in [9.17, 15) is 4.79 Å². The molecule has 0 unspecified atom stereocenters. The number of rotatable bonds is 3. The highest BCUT2D eigenvalue weighted by Crippen LogP contribution is 2.25. The minimum atomic E-state index is -0.373. The van der Waals surface area contributed by atoms with Crippen molar-refractivity contribution in [3.63, 3.8) is 0 Å². The first kappa shape index (κ1) is 15.4. The first-order chi connectivity index (χ1) is 10.0. The molecule has 2 aromatic rings. The van der Waals surface area contributed by atoms with Crippen LogP contribution >= 0.6 is 23.2 Å². The first-order valence-corrected chi connectivity index (χ1v) is 7.06. The molecule has 3 nitrogen and oxygen atoms in total. The molecule has 5 heteroatoms. The molecular formula is C16H14Cl2N2O. The lowest BCUT2D eigenvalue weighted by molar-refractivity contribution is 0.255. The molecular weight excluding hydrogens is 307 g/mol. The molecule has 108 valence electrons. The molecule has 0 aromatic heterocycles. The van der Waals surface area contributed by atoms with Gasteiger partial charge in [-0.1, -0.05) is 53.0 Å². The van der Waals surface area contributed by atoms with Crippen LogP contribution in [0.5, 0.6) is 0 Å². The molecule has 2 rings (SSSR count). The number of aryl methyl sites for hydroxylation is 1. The summed E-state index contributed by atoms with van der Waals surface area (Å²) < 4.78 is 0. The fourth-order valence-corrected chi connectivity index (χ4v) is 2.10. The third-order valence-corrected chi connectivity index (χ3v) is 3.29. The molecule has 0 aliphatic rings. The number of halogens is 2. The SMILES string of the molecule is Cc1ccc(/C=C/NC(=O)Nc2ccc(Cl)cc2Cl)cc1. The van der Waals surface area contributed by atoms with Gasteiger partial charge in [-0.2, -0.15) is 0 Å². The van der Waals surface area contributed by atoms with Crippen molar-refractivity contribution in [3.05, 3.63) is 69.8 Å². The zero-order chi connectivity index (χ0) is 15.2. The average molecular weight is 321 g/mol. The van der Waals surface area contributed by atoms with Crippen molar-refractivity contribution in [1.29, 1.82) is 0 Å². The molecule has 0 aliphatic heterocycles. The van der Waals surface area contributed by atoms with E-state index in [-0.39, 0.29) is 6.03 Å². The van der Waals surface area contributed by atoms with Gasteiger partial charge in [0.05, 0.1) is 10.7 Å². The van der Waals surface area contributed by atoms with Crippen LogP contribution in [0.1, 0.15) is 11.1 Å². The van der Waals surface area contributed by atoms with E-state index in [0.29, 0.717) is 15.7 Å². The van der Waals surface area contributed by atoms with Crippen LogP contribution in [0.15, 0.2) is 48.7 Å². The van der Waals surface area contributed by atoms with Crippen LogP contribution in [-0.4, -0.2) is 6.03 Å². The first-order valence-electron chi connectivity index (χ1n) is 6.30. The fraction of sp³-hybridized carbons (Fsp3) is 0.0625. The van der Waals surface area contributed by atoms with Crippen molar-refractivity contribution in [1.82, 2.24) is 5.32 Å². The Balaban J connectivity index is 1.91. The Hall–Kier alpha value is -1.97. The Kier molecular flexibility index (Phi) is 5.26. The van der Waals surface area contributed by atoms with Crippen LogP contribution in [0.2, 0.25) is 10.0 Å². The van der Waals surface area contributed by atoms with E-state index >= 15 is 0 Å². The minimum Gasteiger partial charge on any atom is -0.314 e. The van der Waals surface area contributed by atoms with Crippen molar-refractivity contribution in [3.8, 4) is 0 Å². The lowest BCUT2D eigenvalue weighted by Gasteiger charge is -2.06. The molecule has 2 amide bonds. The number of nitrogens with one attached hydrogen (secondary N) is 2. The van der Waals surface area contributed by atoms with Gasteiger partial charge in [0, 0.05) is 11.2 Å². The van der Waals surface area contributed by atoms with Crippen LogP contribution in [0.4, 0.5) is 10.5 Å². The van der Waals surface area contributed by atoms with Crippen molar-refractivity contribution < 1.29 is 4.79 Å². The lowest BCUT2D eigenvalue weighted by atomic mass is 10.1. The highest BCUT2D eigenvalue weighted by atomic mass is 35.5. The Bertz CT molecular complexity index is 666. The van der Waals surface area contributed by atoms with Crippen LogP contribution in [0.25, 0.3) is 6.08 Å². The summed E-state index contributed by atoms with van der Waals surface area (Å²) in [4.78, 5) is 11.7. The third kappa shape index (κ3) is 4.81. The maximum atomic E-state index is 11.7.